The van der Waals surface area contributed by atoms with Gasteiger partial charge in [-0.2, -0.15) is 0 Å². The van der Waals surface area contributed by atoms with Crippen LogP contribution in [0.25, 0.3) is 0 Å². The molecule has 110 valence electrons. The van der Waals surface area contributed by atoms with Crippen LogP contribution in [-0.2, 0) is 4.79 Å². The summed E-state index contributed by atoms with van der Waals surface area (Å²) in [4.78, 5) is 11.7. The molecule has 2 aromatic rings. The SMILES string of the molecule is O=C(CCCOc1cccc(Br)c1)Nc1ccc(F)cc1. The van der Waals surface area contributed by atoms with Crippen molar-refractivity contribution in [2.75, 3.05) is 11.9 Å². The number of halogens is 2. The standard InChI is InChI=1S/C16H15BrFNO2/c17-12-3-1-4-15(11-12)21-10-2-5-16(20)19-14-8-6-13(18)7-9-14/h1,3-4,6-9,11H,2,5,10H2,(H,19,20). The first-order valence-electron chi connectivity index (χ1n) is 6.57. The second kappa shape index (κ2) is 7.78. The van der Waals surface area contributed by atoms with Crippen molar-refractivity contribution in [2.45, 2.75) is 12.8 Å². The molecule has 2 rings (SSSR count). The third kappa shape index (κ3) is 5.55. The minimum absolute atomic E-state index is 0.112. The van der Waals surface area contributed by atoms with Gasteiger partial charge < -0.3 is 10.1 Å². The predicted molar refractivity (Wildman–Crippen MR) is 83.9 cm³/mol. The number of carbonyl (C=O) groups is 1. The van der Waals surface area contributed by atoms with Gasteiger partial charge in [0.15, 0.2) is 0 Å². The summed E-state index contributed by atoms with van der Waals surface area (Å²) in [5.41, 5.74) is 0.592. The molecular formula is C16H15BrFNO2. The third-order valence-corrected chi connectivity index (χ3v) is 3.23. The molecule has 3 nitrogen and oxygen atoms in total. The molecule has 0 fully saturated rings. The van der Waals surface area contributed by atoms with E-state index in [-0.39, 0.29) is 11.7 Å². The third-order valence-electron chi connectivity index (χ3n) is 2.74. The first kappa shape index (κ1) is 15.5. The Labute approximate surface area is 131 Å². The second-order valence-electron chi connectivity index (χ2n) is 4.46. The molecule has 1 amide bonds. The van der Waals surface area contributed by atoms with E-state index in [1.165, 1.54) is 24.3 Å². The van der Waals surface area contributed by atoms with Crippen LogP contribution in [-0.4, -0.2) is 12.5 Å². The average molecular weight is 352 g/mol. The number of nitrogens with one attached hydrogen (secondary N) is 1. The maximum absolute atomic E-state index is 12.7. The summed E-state index contributed by atoms with van der Waals surface area (Å²) in [6.45, 7) is 0.466. The molecule has 0 spiro atoms. The van der Waals surface area contributed by atoms with Crippen LogP contribution in [0.3, 0.4) is 0 Å². The topological polar surface area (TPSA) is 38.3 Å². The van der Waals surface area contributed by atoms with Gasteiger partial charge in [0.05, 0.1) is 6.61 Å². The molecule has 2 aromatic carbocycles. The van der Waals surface area contributed by atoms with Crippen molar-refractivity contribution in [1.82, 2.24) is 0 Å². The Hall–Kier alpha value is -1.88. The van der Waals surface area contributed by atoms with E-state index in [9.17, 15) is 9.18 Å². The molecule has 0 saturated carbocycles. The Bertz CT molecular complexity index is 601. The van der Waals surface area contributed by atoms with Crippen LogP contribution in [0.4, 0.5) is 10.1 Å². The minimum Gasteiger partial charge on any atom is -0.494 e. The van der Waals surface area contributed by atoms with Crippen LogP contribution in [0, 0.1) is 5.82 Å². The van der Waals surface area contributed by atoms with E-state index in [0.717, 1.165) is 10.2 Å². The minimum atomic E-state index is -0.324. The molecule has 0 saturated heterocycles. The second-order valence-corrected chi connectivity index (χ2v) is 5.38. The molecule has 0 atom stereocenters. The van der Waals surface area contributed by atoms with Crippen LogP contribution in [0.2, 0.25) is 0 Å². The number of hydrogen-bond acceptors (Lipinski definition) is 2. The number of hydrogen-bond donors (Lipinski definition) is 1. The lowest BCUT2D eigenvalue weighted by molar-refractivity contribution is -0.116. The zero-order chi connectivity index (χ0) is 15.1. The van der Waals surface area contributed by atoms with E-state index in [0.29, 0.717) is 25.1 Å². The van der Waals surface area contributed by atoms with E-state index in [4.69, 9.17) is 4.74 Å². The number of amides is 1. The van der Waals surface area contributed by atoms with Crippen LogP contribution in [0.5, 0.6) is 5.75 Å². The van der Waals surface area contributed by atoms with Crippen molar-refractivity contribution in [3.63, 3.8) is 0 Å². The summed E-state index contributed by atoms with van der Waals surface area (Å²) in [6, 6.07) is 13.2. The number of anilines is 1. The summed E-state index contributed by atoms with van der Waals surface area (Å²) in [5.74, 6) is 0.332. The Kier molecular flexibility index (Phi) is 5.75. The molecule has 5 heteroatoms. The Morgan fingerprint density at radius 2 is 1.95 bits per heavy atom. The Balaban J connectivity index is 1.68. The highest BCUT2D eigenvalue weighted by atomic mass is 79.9. The van der Waals surface area contributed by atoms with Gasteiger partial charge in [-0.3, -0.25) is 4.79 Å². The zero-order valence-electron chi connectivity index (χ0n) is 11.3. The van der Waals surface area contributed by atoms with Gasteiger partial charge in [-0.15, -0.1) is 0 Å². The summed E-state index contributed by atoms with van der Waals surface area (Å²) < 4.78 is 19.2. The highest BCUT2D eigenvalue weighted by Gasteiger charge is 2.03. The Morgan fingerprint density at radius 1 is 1.19 bits per heavy atom. The van der Waals surface area contributed by atoms with Crippen LogP contribution in [0.15, 0.2) is 53.0 Å². The lowest BCUT2D eigenvalue weighted by atomic mass is 10.2. The molecule has 0 heterocycles. The molecule has 0 aliphatic carbocycles. The first-order chi connectivity index (χ1) is 10.1. The van der Waals surface area contributed by atoms with Gasteiger partial charge in [0.1, 0.15) is 11.6 Å². The van der Waals surface area contributed by atoms with E-state index in [2.05, 4.69) is 21.2 Å². The van der Waals surface area contributed by atoms with Crippen LogP contribution in [0.1, 0.15) is 12.8 Å². The van der Waals surface area contributed by atoms with E-state index in [1.807, 2.05) is 24.3 Å². The lowest BCUT2D eigenvalue weighted by Crippen LogP contribution is -2.12. The Morgan fingerprint density at radius 3 is 2.67 bits per heavy atom. The van der Waals surface area contributed by atoms with Gasteiger partial charge in [0.25, 0.3) is 0 Å². The molecule has 0 aliphatic heterocycles. The van der Waals surface area contributed by atoms with Crippen molar-refractivity contribution in [3.05, 3.63) is 58.8 Å². The van der Waals surface area contributed by atoms with Crippen molar-refractivity contribution in [2.24, 2.45) is 0 Å². The van der Waals surface area contributed by atoms with Crippen molar-refractivity contribution in [3.8, 4) is 5.75 Å². The molecule has 0 aromatic heterocycles. The number of benzene rings is 2. The molecule has 0 unspecified atom stereocenters. The summed E-state index contributed by atoms with van der Waals surface area (Å²) in [6.07, 6.45) is 0.963. The highest BCUT2D eigenvalue weighted by Crippen LogP contribution is 2.18. The summed E-state index contributed by atoms with van der Waals surface area (Å²) in [5, 5.41) is 2.71. The van der Waals surface area contributed by atoms with E-state index >= 15 is 0 Å². The first-order valence-corrected chi connectivity index (χ1v) is 7.36. The van der Waals surface area contributed by atoms with E-state index in [1.54, 1.807) is 0 Å². The quantitative estimate of drug-likeness (QED) is 0.784. The highest BCUT2D eigenvalue weighted by molar-refractivity contribution is 9.10. The number of rotatable bonds is 6. The molecule has 0 radical (unpaired) electrons. The van der Waals surface area contributed by atoms with Gasteiger partial charge in [-0.1, -0.05) is 22.0 Å². The molecular weight excluding hydrogens is 337 g/mol. The number of ether oxygens (including phenoxy) is 1. The van der Waals surface area contributed by atoms with Gasteiger partial charge >= 0.3 is 0 Å². The van der Waals surface area contributed by atoms with Crippen LogP contribution < -0.4 is 10.1 Å². The fraction of sp³-hybridized carbons (Fsp3) is 0.188. The van der Waals surface area contributed by atoms with Crippen molar-refractivity contribution >= 4 is 27.5 Å². The van der Waals surface area contributed by atoms with Gasteiger partial charge in [-0.05, 0) is 48.9 Å². The summed E-state index contributed by atoms with van der Waals surface area (Å²) >= 11 is 3.37. The maximum Gasteiger partial charge on any atom is 0.224 e. The monoisotopic (exact) mass is 351 g/mol. The maximum atomic E-state index is 12.7. The fourth-order valence-corrected chi connectivity index (χ4v) is 2.11. The van der Waals surface area contributed by atoms with Gasteiger partial charge in [-0.25, -0.2) is 4.39 Å². The van der Waals surface area contributed by atoms with Crippen molar-refractivity contribution in [1.29, 1.82) is 0 Å². The molecule has 0 aliphatic rings. The normalized spacial score (nSPS) is 10.2. The lowest BCUT2D eigenvalue weighted by Gasteiger charge is -2.07. The van der Waals surface area contributed by atoms with Crippen LogP contribution >= 0.6 is 15.9 Å². The van der Waals surface area contributed by atoms with Crippen molar-refractivity contribution < 1.29 is 13.9 Å². The number of carbonyl (C=O) groups excluding carboxylic acids is 1. The average Bonchev–Trinajstić information content (AvgIpc) is 2.46. The summed E-state index contributed by atoms with van der Waals surface area (Å²) in [7, 11) is 0. The zero-order valence-corrected chi connectivity index (χ0v) is 12.9. The van der Waals surface area contributed by atoms with E-state index < -0.39 is 0 Å². The van der Waals surface area contributed by atoms with Gasteiger partial charge in [0.2, 0.25) is 5.91 Å². The fourth-order valence-electron chi connectivity index (χ4n) is 1.74. The molecule has 21 heavy (non-hydrogen) atoms. The largest absolute Gasteiger partial charge is 0.494 e. The predicted octanol–water partition coefficient (Wildman–Crippen LogP) is 4.39. The molecule has 1 N–H and O–H groups in total. The molecule has 0 bridgehead atoms. The smallest absolute Gasteiger partial charge is 0.224 e. The van der Waals surface area contributed by atoms with Gasteiger partial charge in [0, 0.05) is 16.6 Å².